The quantitative estimate of drug-likeness (QED) is 0.625. The molecule has 1 aromatic heterocycles. The Bertz CT molecular complexity index is 1300. The van der Waals surface area contributed by atoms with Crippen LogP contribution in [0.4, 0.5) is 5.69 Å². The van der Waals surface area contributed by atoms with Crippen molar-refractivity contribution in [2.45, 2.75) is 44.4 Å². The SMILES string of the molecule is Cc1cc(Cl)ccc1NS(=O)(=O)c1cc(-c2n[nH]c(=O)c3c2CCCC3)ccc1C. The number of hydrogen-bond donors (Lipinski definition) is 2. The predicted octanol–water partition coefficient (Wildman–Crippen LogP) is 4.39. The summed E-state index contributed by atoms with van der Waals surface area (Å²) in [7, 11) is -3.83. The van der Waals surface area contributed by atoms with Crippen molar-refractivity contribution in [3.8, 4) is 11.3 Å². The van der Waals surface area contributed by atoms with Gasteiger partial charge in [0.15, 0.2) is 0 Å². The van der Waals surface area contributed by atoms with E-state index in [0.717, 1.165) is 36.0 Å². The van der Waals surface area contributed by atoms with Gasteiger partial charge in [0.05, 0.1) is 16.3 Å². The standard InChI is InChI=1S/C22H22ClN3O3S/c1-13-7-8-15(21-17-5-3-4-6-18(17)22(27)25-24-21)12-20(13)30(28,29)26-19-10-9-16(23)11-14(19)2/h7-12,26H,3-6H2,1-2H3,(H,25,27). The lowest BCUT2D eigenvalue weighted by Crippen LogP contribution is -2.21. The molecule has 0 unspecified atom stereocenters. The molecule has 2 aromatic carbocycles. The van der Waals surface area contributed by atoms with Gasteiger partial charge < -0.3 is 0 Å². The number of benzene rings is 2. The highest BCUT2D eigenvalue weighted by Gasteiger charge is 2.22. The normalized spacial score (nSPS) is 13.7. The number of nitrogens with one attached hydrogen (secondary N) is 2. The monoisotopic (exact) mass is 443 g/mol. The molecule has 3 aromatic rings. The minimum absolute atomic E-state index is 0.159. The number of H-pyrrole nitrogens is 1. The molecule has 1 aliphatic rings. The van der Waals surface area contributed by atoms with Crippen molar-refractivity contribution in [1.82, 2.24) is 10.2 Å². The average Bonchev–Trinajstić information content (AvgIpc) is 2.71. The first kappa shape index (κ1) is 20.6. The first-order valence-electron chi connectivity index (χ1n) is 9.77. The van der Waals surface area contributed by atoms with Gasteiger partial charge in [-0.3, -0.25) is 9.52 Å². The van der Waals surface area contributed by atoms with Crippen LogP contribution < -0.4 is 10.3 Å². The summed E-state index contributed by atoms with van der Waals surface area (Å²) in [5.74, 6) is 0. The number of rotatable bonds is 4. The van der Waals surface area contributed by atoms with Gasteiger partial charge in [0, 0.05) is 16.1 Å². The van der Waals surface area contributed by atoms with Crippen molar-refractivity contribution in [3.05, 3.63) is 74.0 Å². The van der Waals surface area contributed by atoms with Crippen LogP contribution in [0.1, 0.15) is 35.1 Å². The first-order valence-corrected chi connectivity index (χ1v) is 11.6. The Kier molecular flexibility index (Phi) is 5.42. The zero-order chi connectivity index (χ0) is 21.5. The fourth-order valence-corrected chi connectivity index (χ4v) is 5.51. The molecule has 1 heterocycles. The Morgan fingerprint density at radius 3 is 2.47 bits per heavy atom. The van der Waals surface area contributed by atoms with E-state index in [0.29, 0.717) is 34.0 Å². The van der Waals surface area contributed by atoms with Crippen molar-refractivity contribution in [3.63, 3.8) is 0 Å². The van der Waals surface area contributed by atoms with Gasteiger partial charge in [-0.15, -0.1) is 0 Å². The number of anilines is 1. The maximum atomic E-state index is 13.2. The van der Waals surface area contributed by atoms with Crippen LogP contribution >= 0.6 is 11.6 Å². The third-order valence-electron chi connectivity index (χ3n) is 5.48. The molecule has 156 valence electrons. The van der Waals surface area contributed by atoms with E-state index in [9.17, 15) is 13.2 Å². The van der Waals surface area contributed by atoms with Crippen molar-refractivity contribution in [2.75, 3.05) is 4.72 Å². The smallest absolute Gasteiger partial charge is 0.267 e. The molecule has 2 N–H and O–H groups in total. The number of halogens is 1. The average molecular weight is 444 g/mol. The van der Waals surface area contributed by atoms with Crippen LogP contribution in [0.15, 0.2) is 46.1 Å². The zero-order valence-electron chi connectivity index (χ0n) is 16.8. The van der Waals surface area contributed by atoms with Crippen LogP contribution in [0.2, 0.25) is 5.02 Å². The minimum atomic E-state index is -3.83. The molecule has 0 saturated heterocycles. The summed E-state index contributed by atoms with van der Waals surface area (Å²) in [4.78, 5) is 12.3. The highest BCUT2D eigenvalue weighted by molar-refractivity contribution is 7.92. The largest absolute Gasteiger partial charge is 0.279 e. The number of hydrogen-bond acceptors (Lipinski definition) is 4. The van der Waals surface area contributed by atoms with Crippen molar-refractivity contribution < 1.29 is 8.42 Å². The maximum Gasteiger partial charge on any atom is 0.267 e. The summed E-state index contributed by atoms with van der Waals surface area (Å²) in [6.45, 7) is 3.55. The second-order valence-corrected chi connectivity index (χ2v) is 9.70. The topological polar surface area (TPSA) is 91.9 Å². The van der Waals surface area contributed by atoms with Crippen LogP contribution in [0.3, 0.4) is 0 Å². The number of sulfonamides is 1. The summed E-state index contributed by atoms with van der Waals surface area (Å²) in [5, 5.41) is 7.37. The molecule has 0 saturated carbocycles. The summed E-state index contributed by atoms with van der Waals surface area (Å²) >= 11 is 5.98. The lowest BCUT2D eigenvalue weighted by Gasteiger charge is -2.18. The van der Waals surface area contributed by atoms with Crippen molar-refractivity contribution in [1.29, 1.82) is 0 Å². The van der Waals surface area contributed by atoms with Gasteiger partial charge in [-0.2, -0.15) is 5.10 Å². The zero-order valence-corrected chi connectivity index (χ0v) is 18.3. The third-order valence-corrected chi connectivity index (χ3v) is 7.22. The summed E-state index contributed by atoms with van der Waals surface area (Å²) in [5.41, 5.74) is 4.65. The molecule has 6 nitrogen and oxygen atoms in total. The molecule has 0 aliphatic heterocycles. The molecule has 0 atom stereocenters. The van der Waals surface area contributed by atoms with Gasteiger partial charge in [-0.05, 0) is 80.5 Å². The molecule has 0 fully saturated rings. The highest BCUT2D eigenvalue weighted by Crippen LogP contribution is 2.31. The Hall–Kier alpha value is -2.64. The van der Waals surface area contributed by atoms with E-state index >= 15 is 0 Å². The van der Waals surface area contributed by atoms with Crippen molar-refractivity contribution in [2.24, 2.45) is 0 Å². The summed E-state index contributed by atoms with van der Waals surface area (Å²) in [6.07, 6.45) is 3.44. The fourth-order valence-electron chi connectivity index (χ4n) is 3.88. The molecule has 0 bridgehead atoms. The fraction of sp³-hybridized carbons (Fsp3) is 0.273. The third kappa shape index (κ3) is 3.87. The number of aryl methyl sites for hydroxylation is 2. The van der Waals surface area contributed by atoms with Crippen LogP contribution in [0.5, 0.6) is 0 Å². The molecule has 0 amide bonds. The Morgan fingerprint density at radius 2 is 1.73 bits per heavy atom. The highest BCUT2D eigenvalue weighted by atomic mass is 35.5. The predicted molar refractivity (Wildman–Crippen MR) is 119 cm³/mol. The van der Waals surface area contributed by atoms with Gasteiger partial charge >= 0.3 is 0 Å². The Morgan fingerprint density at radius 1 is 1.00 bits per heavy atom. The van der Waals surface area contributed by atoms with Gasteiger partial charge in [0.2, 0.25) is 0 Å². The molecule has 1 aliphatic carbocycles. The van der Waals surface area contributed by atoms with E-state index in [4.69, 9.17) is 11.6 Å². The van der Waals surface area contributed by atoms with Crippen LogP contribution in [-0.2, 0) is 22.9 Å². The van der Waals surface area contributed by atoms with E-state index in [1.807, 2.05) is 6.07 Å². The Balaban J connectivity index is 1.78. The molecule has 8 heteroatoms. The number of nitrogens with zero attached hydrogens (tertiary/aromatic N) is 1. The van der Waals surface area contributed by atoms with Gasteiger partial charge in [0.25, 0.3) is 15.6 Å². The van der Waals surface area contributed by atoms with Gasteiger partial charge in [0.1, 0.15) is 0 Å². The molecular weight excluding hydrogens is 422 g/mol. The van der Waals surface area contributed by atoms with Gasteiger partial charge in [-0.25, -0.2) is 13.5 Å². The summed E-state index contributed by atoms with van der Waals surface area (Å²) in [6, 6.07) is 10.2. The molecule has 0 radical (unpaired) electrons. The minimum Gasteiger partial charge on any atom is -0.279 e. The first-order chi connectivity index (χ1) is 14.3. The van der Waals surface area contributed by atoms with E-state index in [2.05, 4.69) is 14.9 Å². The van der Waals surface area contributed by atoms with E-state index in [1.165, 1.54) is 0 Å². The molecule has 0 spiro atoms. The van der Waals surface area contributed by atoms with E-state index < -0.39 is 10.0 Å². The number of aromatic nitrogens is 2. The van der Waals surface area contributed by atoms with E-state index in [-0.39, 0.29) is 10.5 Å². The second kappa shape index (κ2) is 7.89. The van der Waals surface area contributed by atoms with Crippen LogP contribution in [0.25, 0.3) is 11.3 Å². The van der Waals surface area contributed by atoms with Crippen LogP contribution in [-0.4, -0.2) is 18.6 Å². The lowest BCUT2D eigenvalue weighted by molar-refractivity contribution is 0.600. The maximum absolute atomic E-state index is 13.2. The number of aromatic amines is 1. The van der Waals surface area contributed by atoms with Gasteiger partial charge in [-0.1, -0.05) is 23.7 Å². The second-order valence-electron chi connectivity index (χ2n) is 7.61. The Labute approximate surface area is 180 Å². The number of fused-ring (bicyclic) bond motifs is 1. The van der Waals surface area contributed by atoms with E-state index in [1.54, 1.807) is 44.2 Å². The lowest BCUT2D eigenvalue weighted by atomic mass is 9.90. The summed E-state index contributed by atoms with van der Waals surface area (Å²) < 4.78 is 29.0. The molecule has 30 heavy (non-hydrogen) atoms. The van der Waals surface area contributed by atoms with Crippen molar-refractivity contribution >= 4 is 27.3 Å². The molecule has 4 rings (SSSR count). The van der Waals surface area contributed by atoms with Crippen LogP contribution in [0, 0.1) is 13.8 Å². The molecular formula is C22H22ClN3O3S.